The lowest BCUT2D eigenvalue weighted by Gasteiger charge is -2.15. The smallest absolute Gasteiger partial charge is 0.387 e. The summed E-state index contributed by atoms with van der Waals surface area (Å²) in [5, 5.41) is 6.23. The van der Waals surface area contributed by atoms with Crippen molar-refractivity contribution in [1.82, 2.24) is 15.5 Å². The van der Waals surface area contributed by atoms with Crippen LogP contribution in [0.15, 0.2) is 23.2 Å². The van der Waals surface area contributed by atoms with E-state index in [0.717, 1.165) is 0 Å². The number of amides is 1. The van der Waals surface area contributed by atoms with Crippen LogP contribution in [-0.4, -0.2) is 64.3 Å². The second-order valence-electron chi connectivity index (χ2n) is 5.36. The Balaban J connectivity index is 0.00000676. The van der Waals surface area contributed by atoms with E-state index in [9.17, 15) is 13.6 Å². The van der Waals surface area contributed by atoms with Crippen LogP contribution >= 0.6 is 35.6 Å². The molecule has 0 saturated heterocycles. The van der Waals surface area contributed by atoms with Gasteiger partial charge in [0.1, 0.15) is 5.75 Å². The van der Waals surface area contributed by atoms with Crippen LogP contribution in [0.25, 0.3) is 0 Å². The molecule has 1 amide bonds. The van der Waals surface area contributed by atoms with E-state index in [4.69, 9.17) is 16.3 Å². The zero-order valence-electron chi connectivity index (χ0n) is 15.3. The standard InChI is InChI=1S/C16H23ClF2N4O3.HI/c1-23(2)14(24)10-22-16(20-6-7-25-3)21-9-11-8-12(17)4-5-13(11)26-15(18)19;/h4-5,8,15H,6-7,9-10H2,1-3H3,(H2,20,21,22);1H. The summed E-state index contributed by atoms with van der Waals surface area (Å²) in [5.74, 6) is 0.185. The molecule has 0 unspecified atom stereocenters. The van der Waals surface area contributed by atoms with E-state index >= 15 is 0 Å². The summed E-state index contributed by atoms with van der Waals surface area (Å²) in [5.41, 5.74) is 0.393. The van der Waals surface area contributed by atoms with E-state index in [0.29, 0.717) is 29.7 Å². The summed E-state index contributed by atoms with van der Waals surface area (Å²) in [4.78, 5) is 17.4. The van der Waals surface area contributed by atoms with Gasteiger partial charge in [0.15, 0.2) is 5.96 Å². The third-order valence-corrected chi connectivity index (χ3v) is 3.39. The zero-order chi connectivity index (χ0) is 19.5. The number of alkyl halides is 2. The van der Waals surface area contributed by atoms with Gasteiger partial charge in [-0.15, -0.1) is 24.0 Å². The van der Waals surface area contributed by atoms with Crippen molar-refractivity contribution in [2.75, 3.05) is 40.9 Å². The van der Waals surface area contributed by atoms with Gasteiger partial charge < -0.3 is 25.0 Å². The van der Waals surface area contributed by atoms with Crippen LogP contribution in [0.1, 0.15) is 5.56 Å². The average Bonchev–Trinajstić information content (AvgIpc) is 2.58. The van der Waals surface area contributed by atoms with Crippen LogP contribution in [-0.2, 0) is 16.1 Å². The molecule has 0 radical (unpaired) electrons. The summed E-state index contributed by atoms with van der Waals surface area (Å²) in [7, 11) is 4.83. The van der Waals surface area contributed by atoms with Crippen molar-refractivity contribution in [2.45, 2.75) is 13.2 Å². The molecule has 1 aromatic rings. The van der Waals surface area contributed by atoms with Crippen molar-refractivity contribution >= 4 is 47.4 Å². The largest absolute Gasteiger partial charge is 0.434 e. The number of hydrogen-bond donors (Lipinski definition) is 2. The molecule has 27 heavy (non-hydrogen) atoms. The number of carbonyl (C=O) groups excluding carboxylic acids is 1. The lowest BCUT2D eigenvalue weighted by atomic mass is 10.2. The van der Waals surface area contributed by atoms with Gasteiger partial charge in [-0.2, -0.15) is 8.78 Å². The SMILES string of the molecule is COCCNC(=NCc1cc(Cl)ccc1OC(F)F)NCC(=O)N(C)C.I. The number of nitrogens with one attached hydrogen (secondary N) is 2. The fourth-order valence-corrected chi connectivity index (χ4v) is 2.00. The highest BCUT2D eigenvalue weighted by Gasteiger charge is 2.11. The number of nitrogens with zero attached hydrogens (tertiary/aromatic N) is 2. The van der Waals surface area contributed by atoms with Crippen LogP contribution in [0.2, 0.25) is 5.02 Å². The van der Waals surface area contributed by atoms with E-state index in [2.05, 4.69) is 20.4 Å². The predicted octanol–water partition coefficient (Wildman–Crippen LogP) is 2.33. The number of hydrogen-bond acceptors (Lipinski definition) is 4. The molecule has 0 atom stereocenters. The van der Waals surface area contributed by atoms with Crippen molar-refractivity contribution in [3.8, 4) is 5.75 Å². The maximum absolute atomic E-state index is 12.5. The van der Waals surface area contributed by atoms with Crippen LogP contribution in [0.5, 0.6) is 5.75 Å². The van der Waals surface area contributed by atoms with Gasteiger partial charge in [0.05, 0.1) is 19.7 Å². The highest BCUT2D eigenvalue weighted by molar-refractivity contribution is 14.0. The van der Waals surface area contributed by atoms with E-state index < -0.39 is 6.61 Å². The third-order valence-electron chi connectivity index (χ3n) is 3.15. The van der Waals surface area contributed by atoms with Gasteiger partial charge in [-0.3, -0.25) is 4.79 Å². The fraction of sp³-hybridized carbons (Fsp3) is 0.500. The van der Waals surface area contributed by atoms with E-state index in [1.807, 2.05) is 0 Å². The summed E-state index contributed by atoms with van der Waals surface area (Å²) < 4.78 is 34.5. The predicted molar refractivity (Wildman–Crippen MR) is 111 cm³/mol. The van der Waals surface area contributed by atoms with Crippen LogP contribution in [0.3, 0.4) is 0 Å². The topological polar surface area (TPSA) is 75.2 Å². The van der Waals surface area contributed by atoms with Gasteiger partial charge in [0, 0.05) is 38.3 Å². The van der Waals surface area contributed by atoms with Gasteiger partial charge in [0.2, 0.25) is 5.91 Å². The van der Waals surface area contributed by atoms with Crippen molar-refractivity contribution in [1.29, 1.82) is 0 Å². The molecule has 0 aliphatic rings. The minimum atomic E-state index is -2.95. The molecular formula is C16H24ClF2IN4O3. The lowest BCUT2D eigenvalue weighted by molar-refractivity contribution is -0.127. The quantitative estimate of drug-likeness (QED) is 0.226. The van der Waals surface area contributed by atoms with Crippen molar-refractivity contribution in [3.63, 3.8) is 0 Å². The molecule has 0 heterocycles. The molecule has 0 fully saturated rings. The molecule has 0 bridgehead atoms. The number of guanidine groups is 1. The first kappa shape index (κ1) is 25.6. The Labute approximate surface area is 179 Å². The summed E-state index contributed by atoms with van der Waals surface area (Å²) in [6.07, 6.45) is 0. The Kier molecular flexibility index (Phi) is 13.0. The van der Waals surface area contributed by atoms with Crippen LogP contribution < -0.4 is 15.4 Å². The molecule has 0 saturated carbocycles. The van der Waals surface area contributed by atoms with Gasteiger partial charge >= 0.3 is 6.61 Å². The molecular weight excluding hydrogens is 497 g/mol. The molecule has 2 N–H and O–H groups in total. The summed E-state index contributed by atoms with van der Waals surface area (Å²) in [6.45, 7) is -2.01. The number of aliphatic imine (C=N–C) groups is 1. The number of carbonyl (C=O) groups is 1. The highest BCUT2D eigenvalue weighted by atomic mass is 127. The molecule has 11 heteroatoms. The molecule has 7 nitrogen and oxygen atoms in total. The van der Waals surface area contributed by atoms with Crippen molar-refractivity contribution in [3.05, 3.63) is 28.8 Å². The van der Waals surface area contributed by atoms with Crippen molar-refractivity contribution in [2.24, 2.45) is 4.99 Å². The minimum absolute atomic E-state index is 0. The van der Waals surface area contributed by atoms with E-state index in [1.54, 1.807) is 21.2 Å². The highest BCUT2D eigenvalue weighted by Crippen LogP contribution is 2.25. The molecule has 0 aromatic heterocycles. The number of rotatable bonds is 9. The molecule has 1 aromatic carbocycles. The number of likely N-dealkylation sites (N-methyl/N-ethyl adjacent to an activating group) is 1. The van der Waals surface area contributed by atoms with E-state index in [1.165, 1.54) is 23.1 Å². The van der Waals surface area contributed by atoms with Gasteiger partial charge in [-0.05, 0) is 18.2 Å². The van der Waals surface area contributed by atoms with E-state index in [-0.39, 0.29) is 48.7 Å². The minimum Gasteiger partial charge on any atom is -0.434 e. The normalized spacial score (nSPS) is 11.0. The third kappa shape index (κ3) is 10.5. The fourth-order valence-electron chi connectivity index (χ4n) is 1.81. The maximum atomic E-state index is 12.5. The second-order valence-corrected chi connectivity index (χ2v) is 5.79. The molecule has 154 valence electrons. The zero-order valence-corrected chi connectivity index (χ0v) is 18.4. The first-order valence-electron chi connectivity index (χ1n) is 7.78. The average molecular weight is 521 g/mol. The Morgan fingerprint density at radius 1 is 1.33 bits per heavy atom. The van der Waals surface area contributed by atoms with Gasteiger partial charge in [-0.25, -0.2) is 4.99 Å². The Bertz CT molecular complexity index is 621. The Morgan fingerprint density at radius 2 is 2.04 bits per heavy atom. The number of methoxy groups -OCH3 is 1. The van der Waals surface area contributed by atoms with Crippen LogP contribution in [0, 0.1) is 0 Å². The summed E-state index contributed by atoms with van der Waals surface area (Å²) in [6, 6.07) is 4.32. The second kappa shape index (κ2) is 13.7. The van der Waals surface area contributed by atoms with Gasteiger partial charge in [0.25, 0.3) is 0 Å². The number of benzene rings is 1. The maximum Gasteiger partial charge on any atom is 0.387 e. The Hall–Kier alpha value is -1.40. The number of ether oxygens (including phenoxy) is 2. The lowest BCUT2D eigenvalue weighted by Crippen LogP contribution is -2.43. The Morgan fingerprint density at radius 3 is 2.63 bits per heavy atom. The van der Waals surface area contributed by atoms with Gasteiger partial charge in [-0.1, -0.05) is 11.6 Å². The van der Waals surface area contributed by atoms with Crippen molar-refractivity contribution < 1.29 is 23.0 Å². The molecule has 1 rings (SSSR count). The first-order chi connectivity index (χ1) is 12.3. The molecule has 0 spiro atoms. The summed E-state index contributed by atoms with van der Waals surface area (Å²) >= 11 is 5.92. The molecule has 0 aliphatic carbocycles. The number of halogens is 4. The monoisotopic (exact) mass is 520 g/mol. The van der Waals surface area contributed by atoms with Crippen LogP contribution in [0.4, 0.5) is 8.78 Å². The first-order valence-corrected chi connectivity index (χ1v) is 8.15. The molecule has 0 aliphatic heterocycles.